The van der Waals surface area contributed by atoms with Gasteiger partial charge >= 0.3 is 0 Å². The van der Waals surface area contributed by atoms with Gasteiger partial charge in [-0.1, -0.05) is 18.2 Å². The summed E-state index contributed by atoms with van der Waals surface area (Å²) in [6.45, 7) is 1.92. The Morgan fingerprint density at radius 3 is 2.76 bits per heavy atom. The summed E-state index contributed by atoms with van der Waals surface area (Å²) in [7, 11) is 0. The third-order valence-corrected chi connectivity index (χ3v) is 3.34. The number of rotatable bonds is 4. The fourth-order valence-corrected chi connectivity index (χ4v) is 2.15. The molecular weight excluding hydrogens is 212 g/mol. The topological polar surface area (TPSA) is 44.9 Å². The van der Waals surface area contributed by atoms with E-state index in [0.29, 0.717) is 0 Å². The fourth-order valence-electron chi connectivity index (χ4n) is 2.15. The van der Waals surface area contributed by atoms with Crippen LogP contribution in [-0.2, 0) is 6.54 Å². The molecule has 1 fully saturated rings. The van der Waals surface area contributed by atoms with Crippen LogP contribution in [0, 0.1) is 5.92 Å². The van der Waals surface area contributed by atoms with E-state index in [1.165, 1.54) is 18.4 Å². The van der Waals surface area contributed by atoms with Crippen molar-refractivity contribution in [1.29, 1.82) is 0 Å². The molecule has 0 radical (unpaired) electrons. The molecule has 2 aromatic rings. The Kier molecular flexibility index (Phi) is 2.69. The lowest BCUT2D eigenvalue weighted by Gasteiger charge is -2.07. The first-order valence-corrected chi connectivity index (χ1v) is 6.14. The van der Waals surface area contributed by atoms with Gasteiger partial charge in [-0.15, -0.1) is 0 Å². The molecule has 0 aliphatic heterocycles. The Morgan fingerprint density at radius 2 is 2.00 bits per heavy atom. The van der Waals surface area contributed by atoms with Crippen LogP contribution in [0.2, 0.25) is 0 Å². The first-order valence-electron chi connectivity index (χ1n) is 6.14. The van der Waals surface area contributed by atoms with Gasteiger partial charge in [0, 0.05) is 18.1 Å². The molecule has 17 heavy (non-hydrogen) atoms. The maximum atomic E-state index is 11.6. The molecule has 2 N–H and O–H groups in total. The second kappa shape index (κ2) is 4.34. The first-order chi connectivity index (χ1) is 8.34. The number of benzene rings is 1. The van der Waals surface area contributed by atoms with Gasteiger partial charge < -0.3 is 10.3 Å². The van der Waals surface area contributed by atoms with Crippen LogP contribution in [0.5, 0.6) is 0 Å². The Labute approximate surface area is 99.9 Å². The maximum absolute atomic E-state index is 11.6. The summed E-state index contributed by atoms with van der Waals surface area (Å²) < 4.78 is 0. The Bertz CT molecular complexity index is 584. The molecule has 1 aromatic heterocycles. The van der Waals surface area contributed by atoms with Gasteiger partial charge in [0.2, 0.25) is 0 Å². The lowest BCUT2D eigenvalue weighted by atomic mass is 10.1. The summed E-state index contributed by atoms with van der Waals surface area (Å²) in [5.41, 5.74) is 1.16. The highest BCUT2D eigenvalue weighted by Gasteiger charge is 2.20. The molecule has 1 saturated carbocycles. The highest BCUT2D eigenvalue weighted by molar-refractivity contribution is 5.84. The zero-order valence-corrected chi connectivity index (χ0v) is 9.70. The number of aromatic nitrogens is 1. The van der Waals surface area contributed by atoms with Gasteiger partial charge in [0.15, 0.2) is 0 Å². The molecule has 88 valence electrons. The summed E-state index contributed by atoms with van der Waals surface area (Å²) in [4.78, 5) is 14.4. The quantitative estimate of drug-likeness (QED) is 0.841. The van der Waals surface area contributed by atoms with Crippen LogP contribution in [0.15, 0.2) is 35.3 Å². The normalized spacial score (nSPS) is 15.3. The summed E-state index contributed by atoms with van der Waals surface area (Å²) >= 11 is 0. The van der Waals surface area contributed by atoms with E-state index in [9.17, 15) is 4.79 Å². The summed E-state index contributed by atoms with van der Waals surface area (Å²) in [5.74, 6) is 0.879. The lowest BCUT2D eigenvalue weighted by molar-refractivity contribution is 0.639. The van der Waals surface area contributed by atoms with E-state index >= 15 is 0 Å². The van der Waals surface area contributed by atoms with Crippen LogP contribution in [0.4, 0.5) is 0 Å². The van der Waals surface area contributed by atoms with Gasteiger partial charge in [-0.05, 0) is 42.3 Å². The monoisotopic (exact) mass is 228 g/mol. The number of hydrogen-bond donors (Lipinski definition) is 2. The standard InChI is InChI=1S/C14H16N2O/c17-14-13-4-2-1-3-12(13)11(9-16-14)8-15-7-10-5-6-10/h1-4,9-10,15H,5-8H2,(H,16,17). The molecule has 0 unspecified atom stereocenters. The number of pyridine rings is 1. The van der Waals surface area contributed by atoms with Gasteiger partial charge in [0.25, 0.3) is 5.56 Å². The van der Waals surface area contributed by atoms with E-state index in [1.54, 1.807) is 0 Å². The smallest absolute Gasteiger partial charge is 0.255 e. The zero-order chi connectivity index (χ0) is 11.7. The van der Waals surface area contributed by atoms with E-state index in [2.05, 4.69) is 10.3 Å². The SMILES string of the molecule is O=c1[nH]cc(CNCC2CC2)c2ccccc12. The van der Waals surface area contributed by atoms with Crippen molar-refractivity contribution in [1.82, 2.24) is 10.3 Å². The molecule has 0 amide bonds. The second-order valence-electron chi connectivity index (χ2n) is 4.76. The molecule has 3 rings (SSSR count). The highest BCUT2D eigenvalue weighted by atomic mass is 16.1. The van der Waals surface area contributed by atoms with Gasteiger partial charge in [-0.3, -0.25) is 4.79 Å². The largest absolute Gasteiger partial charge is 0.328 e. The van der Waals surface area contributed by atoms with Crippen LogP contribution in [0.1, 0.15) is 18.4 Å². The van der Waals surface area contributed by atoms with Crippen molar-refractivity contribution in [2.45, 2.75) is 19.4 Å². The van der Waals surface area contributed by atoms with Crippen molar-refractivity contribution < 1.29 is 0 Å². The molecule has 0 atom stereocenters. The third kappa shape index (κ3) is 2.24. The van der Waals surface area contributed by atoms with Gasteiger partial charge in [-0.25, -0.2) is 0 Å². The predicted molar refractivity (Wildman–Crippen MR) is 69.0 cm³/mol. The van der Waals surface area contributed by atoms with E-state index in [1.807, 2.05) is 30.5 Å². The molecular formula is C14H16N2O. The number of aromatic amines is 1. The third-order valence-electron chi connectivity index (χ3n) is 3.34. The van der Waals surface area contributed by atoms with Crippen LogP contribution < -0.4 is 10.9 Å². The predicted octanol–water partition coefficient (Wildman–Crippen LogP) is 2.03. The molecule has 1 aromatic carbocycles. The second-order valence-corrected chi connectivity index (χ2v) is 4.76. The van der Waals surface area contributed by atoms with Crippen LogP contribution in [0.25, 0.3) is 10.8 Å². The minimum atomic E-state index is -0.00783. The lowest BCUT2D eigenvalue weighted by Crippen LogP contribution is -2.18. The van der Waals surface area contributed by atoms with Crippen LogP contribution >= 0.6 is 0 Å². The molecule has 1 aliphatic rings. The van der Waals surface area contributed by atoms with Crippen molar-refractivity contribution in [3.8, 4) is 0 Å². The Hall–Kier alpha value is -1.61. The molecule has 1 aliphatic carbocycles. The highest BCUT2D eigenvalue weighted by Crippen LogP contribution is 2.27. The Balaban J connectivity index is 1.87. The van der Waals surface area contributed by atoms with Crippen molar-refractivity contribution in [2.24, 2.45) is 5.92 Å². The molecule has 0 spiro atoms. The summed E-state index contributed by atoms with van der Waals surface area (Å²) in [5, 5.41) is 5.28. The van der Waals surface area contributed by atoms with E-state index in [0.717, 1.165) is 29.8 Å². The summed E-state index contributed by atoms with van der Waals surface area (Å²) in [6.07, 6.45) is 4.54. The number of H-pyrrole nitrogens is 1. The molecule has 1 heterocycles. The minimum Gasteiger partial charge on any atom is -0.328 e. The molecule has 0 bridgehead atoms. The van der Waals surface area contributed by atoms with Crippen LogP contribution in [-0.4, -0.2) is 11.5 Å². The van der Waals surface area contributed by atoms with E-state index in [-0.39, 0.29) is 5.56 Å². The number of hydrogen-bond acceptors (Lipinski definition) is 2. The van der Waals surface area contributed by atoms with Crippen molar-refractivity contribution >= 4 is 10.8 Å². The van der Waals surface area contributed by atoms with Crippen molar-refractivity contribution in [3.05, 3.63) is 46.4 Å². The average Bonchev–Trinajstić information content (AvgIpc) is 3.17. The van der Waals surface area contributed by atoms with Crippen molar-refractivity contribution in [3.63, 3.8) is 0 Å². The molecule has 0 saturated heterocycles. The van der Waals surface area contributed by atoms with Gasteiger partial charge in [0.05, 0.1) is 0 Å². The number of nitrogens with one attached hydrogen (secondary N) is 2. The van der Waals surface area contributed by atoms with Gasteiger partial charge in [-0.2, -0.15) is 0 Å². The van der Waals surface area contributed by atoms with Gasteiger partial charge in [0.1, 0.15) is 0 Å². The molecule has 3 heteroatoms. The molecule has 3 nitrogen and oxygen atoms in total. The van der Waals surface area contributed by atoms with Crippen molar-refractivity contribution in [2.75, 3.05) is 6.54 Å². The van der Waals surface area contributed by atoms with Crippen LogP contribution in [0.3, 0.4) is 0 Å². The van der Waals surface area contributed by atoms with E-state index < -0.39 is 0 Å². The summed E-state index contributed by atoms with van der Waals surface area (Å²) in [6, 6.07) is 7.77. The fraction of sp³-hybridized carbons (Fsp3) is 0.357. The number of fused-ring (bicyclic) bond motifs is 1. The maximum Gasteiger partial charge on any atom is 0.255 e. The average molecular weight is 228 g/mol. The van der Waals surface area contributed by atoms with E-state index in [4.69, 9.17) is 0 Å². The first kappa shape index (κ1) is 10.5. The Morgan fingerprint density at radius 1 is 1.24 bits per heavy atom. The zero-order valence-electron chi connectivity index (χ0n) is 9.70. The minimum absolute atomic E-state index is 0.00783.